The average Bonchev–Trinajstić information content (AvgIpc) is 3.20. The van der Waals surface area contributed by atoms with Gasteiger partial charge in [-0.05, 0) is 67.6 Å². The number of nitrogens with zero attached hydrogens (tertiary/aromatic N) is 1. The third-order valence-electron chi connectivity index (χ3n) is 6.09. The van der Waals surface area contributed by atoms with Crippen LogP contribution in [0.25, 0.3) is 21.8 Å². The molecule has 2 aromatic heterocycles. The van der Waals surface area contributed by atoms with Crippen molar-refractivity contribution >= 4 is 33.4 Å². The second kappa shape index (κ2) is 8.51. The van der Waals surface area contributed by atoms with Crippen molar-refractivity contribution in [2.24, 2.45) is 0 Å². The van der Waals surface area contributed by atoms with Crippen LogP contribution < -0.4 is 5.32 Å². The summed E-state index contributed by atoms with van der Waals surface area (Å²) in [5, 5.41) is 5.08. The Morgan fingerprint density at radius 2 is 1.64 bits per heavy atom. The van der Waals surface area contributed by atoms with Gasteiger partial charge in [-0.3, -0.25) is 4.79 Å². The van der Waals surface area contributed by atoms with E-state index in [1.165, 1.54) is 12.1 Å². The molecule has 0 bridgehead atoms. The SMILES string of the molecule is Cc1cccc(C)c1NC(=O)c1cc2c([nH]c3ccccc32)c(CCc2ccc(F)cc2)n1. The number of hydrogen-bond acceptors (Lipinski definition) is 2. The first-order valence-electron chi connectivity index (χ1n) is 11.0. The smallest absolute Gasteiger partial charge is 0.274 e. The topological polar surface area (TPSA) is 57.8 Å². The predicted molar refractivity (Wildman–Crippen MR) is 131 cm³/mol. The molecule has 2 heterocycles. The highest BCUT2D eigenvalue weighted by atomic mass is 19.1. The van der Waals surface area contributed by atoms with Crippen molar-refractivity contribution in [3.05, 3.63) is 107 Å². The Morgan fingerprint density at radius 1 is 0.909 bits per heavy atom. The molecule has 0 fully saturated rings. The van der Waals surface area contributed by atoms with E-state index in [1.807, 2.05) is 62.4 Å². The van der Waals surface area contributed by atoms with Crippen molar-refractivity contribution in [3.63, 3.8) is 0 Å². The van der Waals surface area contributed by atoms with Crippen LogP contribution in [0.2, 0.25) is 0 Å². The minimum Gasteiger partial charge on any atom is -0.353 e. The summed E-state index contributed by atoms with van der Waals surface area (Å²) in [4.78, 5) is 21.5. The highest BCUT2D eigenvalue weighted by Gasteiger charge is 2.17. The third-order valence-corrected chi connectivity index (χ3v) is 6.09. The Morgan fingerprint density at radius 3 is 2.39 bits per heavy atom. The highest BCUT2D eigenvalue weighted by molar-refractivity contribution is 6.12. The number of benzene rings is 3. The molecule has 5 rings (SSSR count). The molecule has 0 aliphatic carbocycles. The first-order valence-corrected chi connectivity index (χ1v) is 11.0. The summed E-state index contributed by atoms with van der Waals surface area (Å²) in [5.41, 5.74) is 6.99. The van der Waals surface area contributed by atoms with Gasteiger partial charge in [0.15, 0.2) is 0 Å². The molecule has 0 spiro atoms. The number of pyridine rings is 1. The standard InChI is InChI=1S/C28H24FN3O/c1-17-6-5-7-18(2)26(17)32-28(33)25-16-22-21-8-3-4-9-23(21)31-27(22)24(30-25)15-12-19-10-13-20(29)14-11-19/h3-11,13-14,16,31H,12,15H2,1-2H3,(H,32,33). The van der Waals surface area contributed by atoms with Crippen LogP contribution in [0, 0.1) is 19.7 Å². The van der Waals surface area contributed by atoms with E-state index in [2.05, 4.69) is 10.3 Å². The number of amides is 1. The third kappa shape index (κ3) is 4.10. The van der Waals surface area contributed by atoms with Gasteiger partial charge in [0.05, 0.1) is 11.2 Å². The molecule has 4 nitrogen and oxygen atoms in total. The minimum atomic E-state index is -0.250. The summed E-state index contributed by atoms with van der Waals surface area (Å²) >= 11 is 0. The first-order chi connectivity index (χ1) is 16.0. The lowest BCUT2D eigenvalue weighted by atomic mass is 10.0. The maximum Gasteiger partial charge on any atom is 0.274 e. The summed E-state index contributed by atoms with van der Waals surface area (Å²) in [6.07, 6.45) is 1.32. The summed E-state index contributed by atoms with van der Waals surface area (Å²) < 4.78 is 13.3. The average molecular weight is 438 g/mol. The molecule has 0 unspecified atom stereocenters. The van der Waals surface area contributed by atoms with Gasteiger partial charge in [0.25, 0.3) is 5.91 Å². The molecule has 0 radical (unpaired) electrons. The van der Waals surface area contributed by atoms with Gasteiger partial charge < -0.3 is 10.3 Å². The molecule has 5 aromatic rings. The van der Waals surface area contributed by atoms with Crippen molar-refractivity contribution < 1.29 is 9.18 Å². The Hall–Kier alpha value is -3.99. The van der Waals surface area contributed by atoms with Crippen molar-refractivity contribution in [2.45, 2.75) is 26.7 Å². The number of nitrogens with one attached hydrogen (secondary N) is 2. The van der Waals surface area contributed by atoms with Crippen LogP contribution in [0.1, 0.15) is 32.9 Å². The van der Waals surface area contributed by atoms with Crippen LogP contribution in [0.3, 0.4) is 0 Å². The number of carbonyl (C=O) groups excluding carboxylic acids is 1. The monoisotopic (exact) mass is 437 g/mol. The van der Waals surface area contributed by atoms with E-state index in [4.69, 9.17) is 4.98 Å². The number of rotatable bonds is 5. The molecular formula is C28H24FN3O. The maximum atomic E-state index is 13.3. The van der Waals surface area contributed by atoms with Crippen LogP contribution in [0.5, 0.6) is 0 Å². The van der Waals surface area contributed by atoms with E-state index in [0.29, 0.717) is 18.5 Å². The fourth-order valence-corrected chi connectivity index (χ4v) is 4.31. The van der Waals surface area contributed by atoms with Crippen LogP contribution in [0.4, 0.5) is 10.1 Å². The van der Waals surface area contributed by atoms with Gasteiger partial charge in [0, 0.05) is 22.0 Å². The van der Waals surface area contributed by atoms with E-state index in [0.717, 1.165) is 49.9 Å². The summed E-state index contributed by atoms with van der Waals surface area (Å²) in [6, 6.07) is 22.3. The number of hydrogen-bond donors (Lipinski definition) is 2. The Labute approximate surface area is 191 Å². The number of H-pyrrole nitrogens is 1. The number of aromatic nitrogens is 2. The number of fused-ring (bicyclic) bond motifs is 3. The maximum absolute atomic E-state index is 13.3. The first kappa shape index (κ1) is 20.9. The summed E-state index contributed by atoms with van der Waals surface area (Å²) in [7, 11) is 0. The predicted octanol–water partition coefficient (Wildman–Crippen LogP) is 6.51. The number of anilines is 1. The molecule has 0 aliphatic rings. The lowest BCUT2D eigenvalue weighted by Gasteiger charge is -2.12. The second-order valence-corrected chi connectivity index (χ2v) is 8.39. The fraction of sp³-hybridized carbons (Fsp3) is 0.143. The van der Waals surface area contributed by atoms with Crippen LogP contribution >= 0.6 is 0 Å². The number of para-hydroxylation sites is 2. The zero-order valence-corrected chi connectivity index (χ0v) is 18.6. The zero-order chi connectivity index (χ0) is 22.9. The van der Waals surface area contributed by atoms with Gasteiger partial charge in [-0.1, -0.05) is 48.5 Å². The highest BCUT2D eigenvalue weighted by Crippen LogP contribution is 2.29. The van der Waals surface area contributed by atoms with Gasteiger partial charge in [0.2, 0.25) is 0 Å². The van der Waals surface area contributed by atoms with E-state index in [1.54, 1.807) is 12.1 Å². The van der Waals surface area contributed by atoms with E-state index in [9.17, 15) is 9.18 Å². The van der Waals surface area contributed by atoms with E-state index >= 15 is 0 Å². The Balaban J connectivity index is 1.56. The van der Waals surface area contributed by atoms with Gasteiger partial charge in [-0.15, -0.1) is 0 Å². The van der Waals surface area contributed by atoms with Gasteiger partial charge in [-0.25, -0.2) is 9.37 Å². The van der Waals surface area contributed by atoms with Crippen molar-refractivity contribution in [1.82, 2.24) is 9.97 Å². The number of halogens is 1. The normalized spacial score (nSPS) is 11.2. The molecule has 164 valence electrons. The molecule has 33 heavy (non-hydrogen) atoms. The van der Waals surface area contributed by atoms with Gasteiger partial charge in [-0.2, -0.15) is 0 Å². The largest absolute Gasteiger partial charge is 0.353 e. The summed E-state index contributed by atoms with van der Waals surface area (Å²) in [6.45, 7) is 3.96. The van der Waals surface area contributed by atoms with Gasteiger partial charge >= 0.3 is 0 Å². The van der Waals surface area contributed by atoms with Crippen LogP contribution in [0.15, 0.2) is 72.8 Å². The fourth-order valence-electron chi connectivity index (χ4n) is 4.31. The van der Waals surface area contributed by atoms with E-state index < -0.39 is 0 Å². The van der Waals surface area contributed by atoms with Crippen molar-refractivity contribution in [2.75, 3.05) is 5.32 Å². The molecule has 0 saturated carbocycles. The molecule has 0 aliphatic heterocycles. The second-order valence-electron chi connectivity index (χ2n) is 8.39. The molecule has 0 saturated heterocycles. The van der Waals surface area contributed by atoms with Crippen molar-refractivity contribution in [1.29, 1.82) is 0 Å². The van der Waals surface area contributed by atoms with Crippen LogP contribution in [-0.2, 0) is 12.8 Å². The molecule has 2 N–H and O–H groups in total. The number of aryl methyl sites for hydroxylation is 4. The number of aromatic amines is 1. The molecule has 5 heteroatoms. The van der Waals surface area contributed by atoms with Crippen LogP contribution in [-0.4, -0.2) is 15.9 Å². The quantitative estimate of drug-likeness (QED) is 0.329. The molecule has 1 amide bonds. The molecule has 3 aromatic carbocycles. The lowest BCUT2D eigenvalue weighted by molar-refractivity contribution is 0.102. The Kier molecular flexibility index (Phi) is 5.38. The molecule has 0 atom stereocenters. The van der Waals surface area contributed by atoms with E-state index in [-0.39, 0.29) is 11.7 Å². The van der Waals surface area contributed by atoms with Crippen molar-refractivity contribution in [3.8, 4) is 0 Å². The summed E-state index contributed by atoms with van der Waals surface area (Å²) in [5.74, 6) is -0.484. The minimum absolute atomic E-state index is 0.234. The Bertz CT molecular complexity index is 1460. The van der Waals surface area contributed by atoms with Gasteiger partial charge in [0.1, 0.15) is 11.5 Å². The number of carbonyl (C=O) groups is 1. The zero-order valence-electron chi connectivity index (χ0n) is 18.6. The lowest BCUT2D eigenvalue weighted by Crippen LogP contribution is -2.16. The molecular weight excluding hydrogens is 413 g/mol.